The van der Waals surface area contributed by atoms with Gasteiger partial charge in [-0.1, -0.05) is 19.8 Å². The lowest BCUT2D eigenvalue weighted by Crippen LogP contribution is -2.31. The van der Waals surface area contributed by atoms with Gasteiger partial charge in [-0.05, 0) is 6.42 Å². The fourth-order valence-electron chi connectivity index (χ4n) is 1.51. The Balaban J connectivity index is 0. The van der Waals surface area contributed by atoms with Crippen LogP contribution >= 0.6 is 0 Å². The van der Waals surface area contributed by atoms with E-state index in [1.165, 1.54) is 31.5 Å². The number of nitrogens with zero attached hydrogens (tertiary/aromatic N) is 2. The minimum atomic E-state index is -5.17. The second-order valence-corrected chi connectivity index (χ2v) is 4.62. The van der Waals surface area contributed by atoms with E-state index in [4.69, 9.17) is 17.5 Å². The molecule has 0 bridgehead atoms. The zero-order valence-corrected chi connectivity index (χ0v) is 11.2. The van der Waals surface area contributed by atoms with Crippen LogP contribution in [0.4, 0.5) is 0 Å². The summed E-state index contributed by atoms with van der Waals surface area (Å²) in [5.74, 6) is 1.42. The average molecular weight is 264 g/mol. The highest BCUT2D eigenvalue weighted by Gasteiger charge is 2.09. The zero-order chi connectivity index (χ0) is 13.5. The molecule has 0 N–H and O–H groups in total. The van der Waals surface area contributed by atoms with E-state index in [-0.39, 0.29) is 1.43 Å². The van der Waals surface area contributed by atoms with Crippen molar-refractivity contribution in [3.05, 3.63) is 18.2 Å². The quantitative estimate of drug-likeness (QED) is 0.340. The monoisotopic (exact) mass is 264 g/mol. The molecule has 0 aromatic carbocycles. The van der Waals surface area contributed by atoms with Gasteiger partial charge in [0.25, 0.3) is 5.82 Å². The van der Waals surface area contributed by atoms with Crippen LogP contribution in [0.3, 0.4) is 0 Å². The molecule has 0 radical (unpaired) electrons. The van der Waals surface area contributed by atoms with E-state index in [0.29, 0.717) is 0 Å². The van der Waals surface area contributed by atoms with Crippen LogP contribution in [0.25, 0.3) is 0 Å². The topological polar surface area (TPSA) is 89.1 Å². The number of unbranched alkanes of at least 4 members (excludes halogenated alkanes) is 2. The third-order valence-electron chi connectivity index (χ3n) is 2.33. The summed E-state index contributed by atoms with van der Waals surface area (Å²) in [6, 6.07) is 0. The molecule has 0 spiro atoms. The number of rotatable bonds is 4. The maximum atomic E-state index is 8.52. The van der Waals surface area contributed by atoms with Crippen LogP contribution in [-0.4, -0.2) is 22.1 Å². The molecule has 1 aromatic rings. The lowest BCUT2D eigenvalue weighted by molar-refractivity contribution is -0.678. The number of imidazole rings is 1. The summed E-state index contributed by atoms with van der Waals surface area (Å²) in [6.07, 6.45) is 9.37. The van der Waals surface area contributed by atoms with Crippen LogP contribution in [0.1, 0.15) is 33.4 Å². The number of hydrogen-bond acceptors (Lipinski definition) is 4. The van der Waals surface area contributed by atoms with Crippen molar-refractivity contribution >= 4 is 10.4 Å². The minimum absolute atomic E-state index is 0. The third kappa shape index (κ3) is 8.84. The molecule has 0 unspecified atom stereocenters. The Morgan fingerprint density at radius 1 is 1.41 bits per heavy atom. The van der Waals surface area contributed by atoms with Gasteiger partial charge in [0.05, 0.1) is 14.1 Å². The molecular formula is C10H20N2O4S. The van der Waals surface area contributed by atoms with Gasteiger partial charge in [0.1, 0.15) is 12.4 Å². The summed E-state index contributed by atoms with van der Waals surface area (Å²) < 4.78 is 38.5. The van der Waals surface area contributed by atoms with Crippen molar-refractivity contribution in [1.82, 2.24) is 4.57 Å². The Hall–Kier alpha value is -0.920. The molecule has 0 saturated carbocycles. The molecule has 0 amide bonds. The number of aryl methyl sites for hydroxylation is 2. The Morgan fingerprint density at radius 3 is 2.29 bits per heavy atom. The van der Waals surface area contributed by atoms with E-state index in [2.05, 4.69) is 42.5 Å². The first-order valence-corrected chi connectivity index (χ1v) is 6.75. The van der Waals surface area contributed by atoms with Gasteiger partial charge in [-0.2, -0.15) is 0 Å². The molecule has 0 aliphatic rings. The van der Waals surface area contributed by atoms with Crippen LogP contribution < -0.4 is 4.57 Å². The van der Waals surface area contributed by atoms with E-state index < -0.39 is 10.4 Å². The summed E-state index contributed by atoms with van der Waals surface area (Å²) in [4.78, 5) is 0. The van der Waals surface area contributed by atoms with Gasteiger partial charge in [-0.3, -0.25) is 8.42 Å². The highest BCUT2D eigenvalue weighted by atomic mass is 32.3. The molecule has 1 aromatic heterocycles. The predicted molar refractivity (Wildman–Crippen MR) is 61.4 cm³/mol. The van der Waals surface area contributed by atoms with Crippen molar-refractivity contribution in [2.45, 2.75) is 32.6 Å². The smallest absolute Gasteiger partial charge is 0.759 e. The van der Waals surface area contributed by atoms with E-state index in [1.807, 2.05) is 0 Å². The standard InChI is InChI=1S/C10H19N2.H2O4S/c1-4-5-6-7-10-11(2)8-9-12(10)3;1-5(2,3)4/h8-9H,4-7H2,1-3H3;(H2,1,2,3,4)/q+1;/p-1. The first-order valence-electron chi connectivity index (χ1n) is 5.42. The first kappa shape index (κ1) is 16.1. The summed E-state index contributed by atoms with van der Waals surface area (Å²) in [5.41, 5.74) is 0. The van der Waals surface area contributed by atoms with Gasteiger partial charge in [0.2, 0.25) is 0 Å². The van der Waals surface area contributed by atoms with Crippen molar-refractivity contribution in [3.63, 3.8) is 0 Å². The zero-order valence-electron chi connectivity index (χ0n) is 11.4. The lowest BCUT2D eigenvalue weighted by Gasteiger charge is -2.06. The first-order chi connectivity index (χ1) is 7.75. The largest absolute Gasteiger partial charge is 1.00 e. The van der Waals surface area contributed by atoms with Crippen molar-refractivity contribution < 1.29 is 23.5 Å². The van der Waals surface area contributed by atoms with Crippen molar-refractivity contribution in [2.75, 3.05) is 0 Å². The Labute approximate surface area is 104 Å². The molecule has 6 nitrogen and oxygen atoms in total. The second kappa shape index (κ2) is 7.41. The fourth-order valence-corrected chi connectivity index (χ4v) is 1.51. The van der Waals surface area contributed by atoms with E-state index in [0.717, 1.165) is 0 Å². The molecule has 100 valence electrons. The van der Waals surface area contributed by atoms with Crippen LogP contribution in [0.5, 0.6) is 0 Å². The van der Waals surface area contributed by atoms with Gasteiger partial charge in [0.15, 0.2) is 0 Å². The molecular weight excluding hydrogens is 244 g/mol. The molecule has 0 aliphatic carbocycles. The molecule has 0 atom stereocenters. The SMILES string of the molecule is CCCCCc1n(C)cc[n+]1C.O=S(=O)([O-])[O-].[H+]. The highest BCUT2D eigenvalue weighted by molar-refractivity contribution is 7.79. The van der Waals surface area contributed by atoms with Gasteiger partial charge in [-0.25, -0.2) is 9.13 Å². The van der Waals surface area contributed by atoms with Crippen LogP contribution in [0.15, 0.2) is 12.4 Å². The summed E-state index contributed by atoms with van der Waals surface area (Å²) in [7, 11) is -0.942. The molecule has 17 heavy (non-hydrogen) atoms. The normalized spacial score (nSPS) is 10.9. The maximum Gasteiger partial charge on any atom is 1.00 e. The highest BCUT2D eigenvalue weighted by Crippen LogP contribution is 2.01. The average Bonchev–Trinajstić information content (AvgIpc) is 2.46. The van der Waals surface area contributed by atoms with Crippen LogP contribution in [0.2, 0.25) is 0 Å². The van der Waals surface area contributed by atoms with Gasteiger partial charge < -0.3 is 9.11 Å². The van der Waals surface area contributed by atoms with Gasteiger partial charge in [-0.15, -0.1) is 0 Å². The second-order valence-electron chi connectivity index (χ2n) is 3.80. The van der Waals surface area contributed by atoms with E-state index in [1.54, 1.807) is 0 Å². The third-order valence-corrected chi connectivity index (χ3v) is 2.33. The number of hydrogen-bond donors (Lipinski definition) is 0. The van der Waals surface area contributed by atoms with Crippen LogP contribution in [-0.2, 0) is 30.9 Å². The Morgan fingerprint density at radius 2 is 1.94 bits per heavy atom. The summed E-state index contributed by atoms with van der Waals surface area (Å²) >= 11 is 0. The predicted octanol–water partition coefficient (Wildman–Crippen LogP) is 0.357. The van der Waals surface area contributed by atoms with Gasteiger partial charge in [0, 0.05) is 16.8 Å². The van der Waals surface area contributed by atoms with Crippen molar-refractivity contribution in [1.29, 1.82) is 0 Å². The molecule has 0 fully saturated rings. The van der Waals surface area contributed by atoms with E-state index >= 15 is 0 Å². The van der Waals surface area contributed by atoms with Gasteiger partial charge >= 0.3 is 1.43 Å². The van der Waals surface area contributed by atoms with Crippen LogP contribution in [0, 0.1) is 0 Å². The number of aromatic nitrogens is 2. The molecule has 7 heteroatoms. The Bertz CT molecular complexity index is 404. The lowest BCUT2D eigenvalue weighted by atomic mass is 10.2. The summed E-state index contributed by atoms with van der Waals surface area (Å²) in [6.45, 7) is 2.24. The van der Waals surface area contributed by atoms with E-state index in [9.17, 15) is 0 Å². The van der Waals surface area contributed by atoms with Crippen molar-refractivity contribution in [3.8, 4) is 0 Å². The molecule has 1 heterocycles. The molecule has 0 saturated heterocycles. The summed E-state index contributed by atoms with van der Waals surface area (Å²) in [5, 5.41) is 0. The van der Waals surface area contributed by atoms with Crippen molar-refractivity contribution in [2.24, 2.45) is 14.1 Å². The Kier molecular flexibility index (Phi) is 7.01. The maximum absolute atomic E-state index is 8.52. The minimum Gasteiger partial charge on any atom is -0.759 e. The molecule has 1 rings (SSSR count). The molecule has 0 aliphatic heterocycles. The fraction of sp³-hybridized carbons (Fsp3) is 0.700.